The number of hydrogen-bond donors (Lipinski definition) is 3. The van der Waals surface area contributed by atoms with E-state index in [1.54, 1.807) is 6.08 Å². The van der Waals surface area contributed by atoms with E-state index in [-0.39, 0.29) is 6.42 Å². The summed E-state index contributed by atoms with van der Waals surface area (Å²) in [5.74, 6) is -1.78. The number of aliphatic hydroxyl groups is 1. The van der Waals surface area contributed by atoms with E-state index in [2.05, 4.69) is 5.32 Å². The summed E-state index contributed by atoms with van der Waals surface area (Å²) < 4.78 is 0. The summed E-state index contributed by atoms with van der Waals surface area (Å²) in [5.41, 5.74) is 0. The molecule has 5 nitrogen and oxygen atoms in total. The van der Waals surface area contributed by atoms with Gasteiger partial charge in [-0.1, -0.05) is 25.5 Å². The molecule has 86 valence electrons. The zero-order valence-corrected chi connectivity index (χ0v) is 8.77. The number of carboxylic acids is 1. The molecule has 0 aliphatic carbocycles. The van der Waals surface area contributed by atoms with Gasteiger partial charge in [-0.25, -0.2) is 0 Å². The molecule has 0 bridgehead atoms. The molecule has 0 spiro atoms. The predicted molar refractivity (Wildman–Crippen MR) is 55.3 cm³/mol. The molecule has 1 atom stereocenters. The van der Waals surface area contributed by atoms with E-state index in [4.69, 9.17) is 5.11 Å². The maximum Gasteiger partial charge on any atom is 0.322 e. The van der Waals surface area contributed by atoms with Crippen molar-refractivity contribution >= 4 is 11.9 Å². The zero-order valence-electron chi connectivity index (χ0n) is 8.77. The number of aliphatic hydroxyl groups excluding tert-OH is 1. The molecule has 0 saturated carbocycles. The summed E-state index contributed by atoms with van der Waals surface area (Å²) in [5, 5.41) is 19.7. The zero-order chi connectivity index (χ0) is 11.7. The van der Waals surface area contributed by atoms with E-state index in [0.717, 1.165) is 12.8 Å². The first kappa shape index (κ1) is 13.6. The van der Waals surface area contributed by atoms with Crippen LogP contribution >= 0.6 is 0 Å². The van der Waals surface area contributed by atoms with Gasteiger partial charge in [-0.05, 0) is 6.42 Å². The predicted octanol–water partition coefficient (Wildman–Crippen LogP) is 0.294. The van der Waals surface area contributed by atoms with Gasteiger partial charge in [-0.15, -0.1) is 0 Å². The Labute approximate surface area is 88.8 Å². The van der Waals surface area contributed by atoms with E-state index < -0.39 is 24.5 Å². The summed E-state index contributed by atoms with van der Waals surface area (Å²) in [6.07, 6.45) is 4.56. The second kappa shape index (κ2) is 7.99. The highest BCUT2D eigenvalue weighted by molar-refractivity contribution is 5.84. The first-order valence-electron chi connectivity index (χ1n) is 4.90. The minimum atomic E-state index is -1.17. The fourth-order valence-electron chi connectivity index (χ4n) is 0.897. The molecule has 0 heterocycles. The maximum atomic E-state index is 11.1. The first-order valence-corrected chi connectivity index (χ1v) is 4.90. The lowest BCUT2D eigenvalue weighted by atomic mass is 10.2. The molecule has 0 aliphatic heterocycles. The van der Waals surface area contributed by atoms with Crippen LogP contribution in [0.1, 0.15) is 26.2 Å². The van der Waals surface area contributed by atoms with Crippen molar-refractivity contribution in [3.05, 3.63) is 12.2 Å². The molecule has 0 rings (SSSR count). The minimum absolute atomic E-state index is 0.214. The van der Waals surface area contributed by atoms with E-state index in [1.165, 1.54) is 0 Å². The Kier molecular flexibility index (Phi) is 7.27. The van der Waals surface area contributed by atoms with Crippen LogP contribution in [0.2, 0.25) is 0 Å². The number of unbranched alkanes of at least 4 members (excludes halogenated alkanes) is 1. The van der Waals surface area contributed by atoms with Crippen molar-refractivity contribution < 1.29 is 19.8 Å². The van der Waals surface area contributed by atoms with E-state index in [1.807, 2.05) is 13.0 Å². The van der Waals surface area contributed by atoms with E-state index >= 15 is 0 Å². The van der Waals surface area contributed by atoms with Crippen molar-refractivity contribution in [1.82, 2.24) is 5.32 Å². The van der Waals surface area contributed by atoms with Gasteiger partial charge in [0.1, 0.15) is 12.6 Å². The van der Waals surface area contributed by atoms with Crippen LogP contribution in [0.4, 0.5) is 0 Å². The second-order valence-electron chi connectivity index (χ2n) is 3.12. The molecule has 0 fully saturated rings. The van der Waals surface area contributed by atoms with E-state index in [9.17, 15) is 14.7 Å². The van der Waals surface area contributed by atoms with Crippen LogP contribution in [-0.2, 0) is 9.59 Å². The van der Waals surface area contributed by atoms with Gasteiger partial charge in [0.15, 0.2) is 0 Å². The van der Waals surface area contributed by atoms with Gasteiger partial charge < -0.3 is 15.5 Å². The summed E-state index contributed by atoms with van der Waals surface area (Å²) in [6, 6.07) is 0. The highest BCUT2D eigenvalue weighted by Crippen LogP contribution is 1.96. The SMILES string of the molecule is CCC/C=C/CC(O)C(=O)NCC(=O)O. The number of allylic oxidation sites excluding steroid dienone is 1. The normalized spacial score (nSPS) is 12.7. The fraction of sp³-hybridized carbons (Fsp3) is 0.600. The summed E-state index contributed by atoms with van der Waals surface area (Å²) in [6.45, 7) is 1.56. The third kappa shape index (κ3) is 7.69. The highest BCUT2D eigenvalue weighted by atomic mass is 16.4. The molecule has 1 unspecified atom stereocenters. The molecule has 15 heavy (non-hydrogen) atoms. The van der Waals surface area contributed by atoms with Gasteiger partial charge in [0.25, 0.3) is 0 Å². The van der Waals surface area contributed by atoms with Crippen molar-refractivity contribution in [1.29, 1.82) is 0 Å². The lowest BCUT2D eigenvalue weighted by Gasteiger charge is -2.07. The van der Waals surface area contributed by atoms with Crippen molar-refractivity contribution in [3.8, 4) is 0 Å². The Morgan fingerprint density at radius 2 is 2.07 bits per heavy atom. The van der Waals surface area contributed by atoms with Crippen LogP contribution in [0.25, 0.3) is 0 Å². The average Bonchev–Trinajstić information content (AvgIpc) is 2.20. The average molecular weight is 215 g/mol. The molecular formula is C10H17NO4. The topological polar surface area (TPSA) is 86.6 Å². The summed E-state index contributed by atoms with van der Waals surface area (Å²) in [7, 11) is 0. The number of carbonyl (C=O) groups is 2. The number of carbonyl (C=O) groups excluding carboxylic acids is 1. The number of hydrogen-bond acceptors (Lipinski definition) is 3. The van der Waals surface area contributed by atoms with Crippen LogP contribution in [0.15, 0.2) is 12.2 Å². The van der Waals surface area contributed by atoms with Gasteiger partial charge in [-0.2, -0.15) is 0 Å². The Morgan fingerprint density at radius 1 is 1.40 bits per heavy atom. The van der Waals surface area contributed by atoms with Gasteiger partial charge >= 0.3 is 5.97 Å². The standard InChI is InChI=1S/C10H17NO4/c1-2-3-4-5-6-8(12)10(15)11-7-9(13)14/h4-5,8,12H,2-3,6-7H2,1H3,(H,11,15)(H,13,14)/b5-4+. The highest BCUT2D eigenvalue weighted by Gasteiger charge is 2.13. The summed E-state index contributed by atoms with van der Waals surface area (Å²) in [4.78, 5) is 21.2. The number of rotatable bonds is 7. The van der Waals surface area contributed by atoms with Crippen molar-refractivity contribution in [2.45, 2.75) is 32.3 Å². The number of amides is 1. The molecule has 0 aromatic rings. The molecular weight excluding hydrogens is 198 g/mol. The van der Waals surface area contributed by atoms with Crippen molar-refractivity contribution in [2.24, 2.45) is 0 Å². The second-order valence-corrected chi connectivity index (χ2v) is 3.12. The molecule has 0 aromatic heterocycles. The molecule has 1 amide bonds. The molecule has 0 radical (unpaired) electrons. The van der Waals surface area contributed by atoms with Crippen LogP contribution in [0.3, 0.4) is 0 Å². The van der Waals surface area contributed by atoms with Crippen LogP contribution in [0.5, 0.6) is 0 Å². The van der Waals surface area contributed by atoms with Gasteiger partial charge in [0.05, 0.1) is 0 Å². The van der Waals surface area contributed by atoms with Gasteiger partial charge in [0.2, 0.25) is 5.91 Å². The molecule has 3 N–H and O–H groups in total. The van der Waals surface area contributed by atoms with Crippen molar-refractivity contribution in [3.63, 3.8) is 0 Å². The van der Waals surface area contributed by atoms with Crippen LogP contribution < -0.4 is 5.32 Å². The number of nitrogens with one attached hydrogen (secondary N) is 1. The molecule has 0 saturated heterocycles. The Balaban J connectivity index is 3.73. The third-order valence-corrected chi connectivity index (χ3v) is 1.70. The van der Waals surface area contributed by atoms with Crippen LogP contribution in [0, 0.1) is 0 Å². The van der Waals surface area contributed by atoms with Crippen LogP contribution in [-0.4, -0.2) is 34.7 Å². The lowest BCUT2D eigenvalue weighted by Crippen LogP contribution is -2.37. The third-order valence-electron chi connectivity index (χ3n) is 1.70. The quantitative estimate of drug-likeness (QED) is 0.533. The van der Waals surface area contributed by atoms with Gasteiger partial charge in [0, 0.05) is 6.42 Å². The Hall–Kier alpha value is -1.36. The number of aliphatic carboxylic acids is 1. The molecule has 0 aromatic carbocycles. The number of carboxylic acid groups (broad SMARTS) is 1. The maximum absolute atomic E-state index is 11.1. The molecule has 5 heteroatoms. The Bertz CT molecular complexity index is 238. The Morgan fingerprint density at radius 3 is 2.60 bits per heavy atom. The van der Waals surface area contributed by atoms with Gasteiger partial charge in [-0.3, -0.25) is 9.59 Å². The van der Waals surface area contributed by atoms with Crippen molar-refractivity contribution in [2.75, 3.05) is 6.54 Å². The fourth-order valence-corrected chi connectivity index (χ4v) is 0.897. The first-order chi connectivity index (χ1) is 7.07. The smallest absolute Gasteiger partial charge is 0.322 e. The minimum Gasteiger partial charge on any atom is -0.480 e. The monoisotopic (exact) mass is 215 g/mol. The van der Waals surface area contributed by atoms with E-state index in [0.29, 0.717) is 0 Å². The largest absolute Gasteiger partial charge is 0.480 e. The summed E-state index contributed by atoms with van der Waals surface area (Å²) >= 11 is 0. The lowest BCUT2D eigenvalue weighted by molar-refractivity contribution is -0.139. The molecule has 0 aliphatic rings.